The quantitative estimate of drug-likeness (QED) is 0.429. The fourth-order valence-electron chi connectivity index (χ4n) is 6.75. The number of nitrogens with one attached hydrogen (secondary N) is 1. The van der Waals surface area contributed by atoms with E-state index < -0.39 is 0 Å². The van der Waals surface area contributed by atoms with Crippen molar-refractivity contribution in [3.8, 4) is 0 Å². The maximum absolute atomic E-state index is 12.0. The lowest BCUT2D eigenvalue weighted by molar-refractivity contribution is -0.116. The number of hydrogen-bond acceptors (Lipinski definition) is 3. The molecule has 0 saturated heterocycles. The molecule has 0 bridgehead atoms. The van der Waals surface area contributed by atoms with Crippen molar-refractivity contribution in [2.24, 2.45) is 33.7 Å². The topological polar surface area (TPSA) is 61.7 Å². The Bertz CT molecular complexity index is 692. The van der Waals surface area contributed by atoms with Crippen LogP contribution in [-0.2, 0) is 4.79 Å². The fourth-order valence-corrected chi connectivity index (χ4v) is 6.75. The van der Waals surface area contributed by atoms with Crippen LogP contribution in [0, 0.1) is 28.6 Å². The zero-order chi connectivity index (χ0) is 17.8. The Kier molecular flexibility index (Phi) is 3.86. The Morgan fingerprint density at radius 2 is 2.04 bits per heavy atom. The predicted octanol–water partition coefficient (Wildman–Crippen LogP) is 4.06. The molecule has 0 unspecified atom stereocenters. The number of oxime groups is 1. The van der Waals surface area contributed by atoms with Gasteiger partial charge in [0.25, 0.3) is 0 Å². The van der Waals surface area contributed by atoms with Gasteiger partial charge in [0.2, 0.25) is 5.91 Å². The summed E-state index contributed by atoms with van der Waals surface area (Å²) in [5.41, 5.74) is 3.74. The van der Waals surface area contributed by atoms with Crippen LogP contribution < -0.4 is 5.32 Å². The molecule has 0 aromatic heterocycles. The average molecular weight is 342 g/mol. The molecule has 4 aliphatic rings. The van der Waals surface area contributed by atoms with Crippen molar-refractivity contribution in [2.75, 3.05) is 6.54 Å². The third-order valence-electron chi connectivity index (χ3n) is 8.11. The molecule has 4 heteroatoms. The molecule has 2 N–H and O–H groups in total. The molecule has 2 saturated carbocycles. The van der Waals surface area contributed by atoms with Crippen molar-refractivity contribution in [3.05, 3.63) is 23.3 Å². The summed E-state index contributed by atoms with van der Waals surface area (Å²) in [6.45, 7) is 7.51. The predicted molar refractivity (Wildman–Crippen MR) is 98.5 cm³/mol. The summed E-state index contributed by atoms with van der Waals surface area (Å²) in [7, 11) is 0. The molecule has 1 aliphatic heterocycles. The van der Waals surface area contributed by atoms with Crippen LogP contribution in [0.3, 0.4) is 0 Å². The van der Waals surface area contributed by atoms with Crippen LogP contribution in [0.15, 0.2) is 28.5 Å². The molecular formula is C21H30N2O2. The Morgan fingerprint density at radius 3 is 2.80 bits per heavy atom. The van der Waals surface area contributed by atoms with E-state index in [1.165, 1.54) is 24.0 Å². The summed E-state index contributed by atoms with van der Waals surface area (Å²) in [4.78, 5) is 12.0. The van der Waals surface area contributed by atoms with Crippen LogP contribution in [0.1, 0.15) is 59.3 Å². The number of fused-ring (bicyclic) bond motifs is 5. The standard InChI is InChI=1S/C21H30N2O2/c1-13(23-25)16-6-7-17-15-5-4-14-12-19(24)22-11-10-20(14,2)18(15)8-9-21(16,17)3/h6,12,15,17-18,25H,4-5,7-11H2,1-3H3,(H,22,24)/t15-,17-,18-,20-,21+/m0/s1. The van der Waals surface area contributed by atoms with E-state index in [0.29, 0.717) is 17.8 Å². The largest absolute Gasteiger partial charge is 0.411 e. The monoisotopic (exact) mass is 342 g/mol. The molecule has 0 aromatic rings. The van der Waals surface area contributed by atoms with Gasteiger partial charge in [0.1, 0.15) is 0 Å². The summed E-state index contributed by atoms with van der Waals surface area (Å²) in [5, 5.41) is 15.8. The molecule has 1 heterocycles. The molecule has 1 amide bonds. The molecule has 0 aromatic carbocycles. The maximum atomic E-state index is 12.0. The molecule has 4 nitrogen and oxygen atoms in total. The summed E-state index contributed by atoms with van der Waals surface area (Å²) < 4.78 is 0. The zero-order valence-electron chi connectivity index (χ0n) is 15.6. The van der Waals surface area contributed by atoms with Crippen LogP contribution in [0.2, 0.25) is 0 Å². The Balaban J connectivity index is 1.67. The molecular weight excluding hydrogens is 312 g/mol. The normalized spacial score (nSPS) is 43.9. The second-order valence-electron chi connectivity index (χ2n) is 9.04. The number of amides is 1. The molecule has 2 fully saturated rings. The lowest BCUT2D eigenvalue weighted by Crippen LogP contribution is -2.49. The first-order valence-corrected chi connectivity index (χ1v) is 9.78. The molecule has 5 atom stereocenters. The summed E-state index contributed by atoms with van der Waals surface area (Å²) >= 11 is 0. The van der Waals surface area contributed by atoms with Gasteiger partial charge in [-0.25, -0.2) is 0 Å². The van der Waals surface area contributed by atoms with E-state index in [4.69, 9.17) is 0 Å². The number of carbonyl (C=O) groups is 1. The molecule has 25 heavy (non-hydrogen) atoms. The summed E-state index contributed by atoms with van der Waals surface area (Å²) in [5.74, 6) is 2.10. The summed E-state index contributed by atoms with van der Waals surface area (Å²) in [6, 6.07) is 0. The molecule has 4 rings (SSSR count). The minimum atomic E-state index is 0.0948. The highest BCUT2D eigenvalue weighted by Crippen LogP contribution is 2.64. The van der Waals surface area contributed by atoms with E-state index in [9.17, 15) is 10.0 Å². The number of rotatable bonds is 1. The van der Waals surface area contributed by atoms with E-state index in [1.54, 1.807) is 0 Å². The van der Waals surface area contributed by atoms with Gasteiger partial charge in [0.05, 0.1) is 5.71 Å². The lowest BCUT2D eigenvalue weighted by atomic mass is 9.47. The van der Waals surface area contributed by atoms with Crippen LogP contribution in [0.5, 0.6) is 0 Å². The zero-order valence-corrected chi connectivity index (χ0v) is 15.6. The van der Waals surface area contributed by atoms with Crippen LogP contribution in [0.25, 0.3) is 0 Å². The highest BCUT2D eigenvalue weighted by Gasteiger charge is 2.57. The van der Waals surface area contributed by atoms with E-state index in [1.807, 2.05) is 13.0 Å². The Hall–Kier alpha value is -1.58. The van der Waals surface area contributed by atoms with Crippen molar-refractivity contribution in [1.29, 1.82) is 0 Å². The average Bonchev–Trinajstić information content (AvgIpc) is 2.85. The van der Waals surface area contributed by atoms with Gasteiger partial charge in [0, 0.05) is 12.6 Å². The van der Waals surface area contributed by atoms with Gasteiger partial charge in [0.15, 0.2) is 0 Å². The van der Waals surface area contributed by atoms with Gasteiger partial charge in [-0.2, -0.15) is 0 Å². The Morgan fingerprint density at radius 1 is 1.24 bits per heavy atom. The smallest absolute Gasteiger partial charge is 0.243 e. The first kappa shape index (κ1) is 16.9. The first-order valence-electron chi connectivity index (χ1n) is 9.78. The van der Waals surface area contributed by atoms with Crippen molar-refractivity contribution < 1.29 is 10.0 Å². The van der Waals surface area contributed by atoms with Gasteiger partial charge >= 0.3 is 0 Å². The van der Waals surface area contributed by atoms with Gasteiger partial charge in [-0.05, 0) is 79.6 Å². The molecule has 3 aliphatic carbocycles. The molecule has 136 valence electrons. The first-order chi connectivity index (χ1) is 11.9. The van der Waals surface area contributed by atoms with Crippen LogP contribution >= 0.6 is 0 Å². The highest BCUT2D eigenvalue weighted by molar-refractivity contribution is 5.99. The van der Waals surface area contributed by atoms with Gasteiger partial charge in [-0.15, -0.1) is 0 Å². The van der Waals surface area contributed by atoms with Crippen LogP contribution in [0.4, 0.5) is 0 Å². The van der Waals surface area contributed by atoms with E-state index in [2.05, 4.69) is 30.4 Å². The van der Waals surface area contributed by atoms with E-state index >= 15 is 0 Å². The van der Waals surface area contributed by atoms with Gasteiger partial charge in [-0.3, -0.25) is 4.79 Å². The van der Waals surface area contributed by atoms with Crippen molar-refractivity contribution in [3.63, 3.8) is 0 Å². The highest BCUT2D eigenvalue weighted by atomic mass is 16.4. The number of allylic oxidation sites excluding steroid dienone is 3. The van der Waals surface area contributed by atoms with Crippen molar-refractivity contribution >= 4 is 11.6 Å². The van der Waals surface area contributed by atoms with Gasteiger partial charge in [-0.1, -0.05) is 30.7 Å². The number of nitrogens with zero attached hydrogens (tertiary/aromatic N) is 1. The maximum Gasteiger partial charge on any atom is 0.243 e. The minimum Gasteiger partial charge on any atom is -0.411 e. The number of hydrogen-bond donors (Lipinski definition) is 2. The molecule has 0 radical (unpaired) electrons. The van der Waals surface area contributed by atoms with Crippen molar-refractivity contribution in [2.45, 2.75) is 59.3 Å². The van der Waals surface area contributed by atoms with E-state index in [-0.39, 0.29) is 16.7 Å². The third kappa shape index (κ3) is 2.32. The molecule has 0 spiro atoms. The van der Waals surface area contributed by atoms with Crippen molar-refractivity contribution in [1.82, 2.24) is 5.32 Å². The van der Waals surface area contributed by atoms with Gasteiger partial charge < -0.3 is 10.5 Å². The van der Waals surface area contributed by atoms with Crippen LogP contribution in [-0.4, -0.2) is 23.4 Å². The second kappa shape index (κ2) is 5.72. The minimum absolute atomic E-state index is 0.0948. The van der Waals surface area contributed by atoms with E-state index in [0.717, 1.165) is 37.9 Å². The SMILES string of the molecule is CC(=NO)C1=CC[C@H]2[C@@H]3CCC4=CC(=O)NCC[C@]4(C)[C@H]3CC[C@]12C. The second-order valence-corrected chi connectivity index (χ2v) is 9.04. The fraction of sp³-hybridized carbons (Fsp3) is 0.714. The number of carbonyl (C=O) groups excluding carboxylic acids is 1. The summed E-state index contributed by atoms with van der Waals surface area (Å²) in [6.07, 6.45) is 11.0. The third-order valence-corrected chi connectivity index (χ3v) is 8.11. The lowest BCUT2D eigenvalue weighted by Gasteiger charge is -2.57. The Labute approximate surface area is 150 Å².